The second kappa shape index (κ2) is 9.79. The smallest absolute Gasteiger partial charge is 0.160 e. The average molecular weight is 564 g/mol. The van der Waals surface area contributed by atoms with E-state index in [0.717, 1.165) is 77.5 Å². The van der Waals surface area contributed by atoms with Gasteiger partial charge in [0, 0.05) is 38.5 Å². The molecule has 0 amide bonds. The molecule has 0 atom stereocenters. The van der Waals surface area contributed by atoms with Crippen LogP contribution in [0.1, 0.15) is 0 Å². The van der Waals surface area contributed by atoms with Gasteiger partial charge in [-0.25, -0.2) is 9.97 Å². The molecule has 44 heavy (non-hydrogen) atoms. The maximum absolute atomic E-state index is 6.65. The first-order valence-corrected chi connectivity index (χ1v) is 14.8. The van der Waals surface area contributed by atoms with Crippen LogP contribution in [-0.2, 0) is 0 Å². The summed E-state index contributed by atoms with van der Waals surface area (Å²) in [4.78, 5) is 10.3. The third-order valence-electron chi connectivity index (χ3n) is 8.40. The maximum atomic E-state index is 6.65. The molecule has 0 N–H and O–H groups in total. The van der Waals surface area contributed by atoms with Crippen molar-refractivity contribution in [2.45, 2.75) is 0 Å². The normalized spacial score (nSPS) is 11.6. The molecule has 0 fully saturated rings. The van der Waals surface area contributed by atoms with Gasteiger partial charge in [0.1, 0.15) is 11.2 Å². The van der Waals surface area contributed by atoms with Gasteiger partial charge in [0.05, 0.1) is 27.8 Å². The Morgan fingerprint density at radius 2 is 1.11 bits per heavy atom. The van der Waals surface area contributed by atoms with Gasteiger partial charge in [-0.2, -0.15) is 0 Å². The second-order valence-electron chi connectivity index (χ2n) is 11.0. The van der Waals surface area contributed by atoms with Crippen molar-refractivity contribution in [3.05, 3.63) is 152 Å². The minimum absolute atomic E-state index is 0.689. The fraction of sp³-hybridized carbons (Fsp3) is 0. The molecule has 4 heteroatoms. The van der Waals surface area contributed by atoms with Gasteiger partial charge < -0.3 is 8.98 Å². The fourth-order valence-electron chi connectivity index (χ4n) is 6.43. The Labute approximate surface area is 253 Å². The van der Waals surface area contributed by atoms with Crippen LogP contribution in [-0.4, -0.2) is 14.5 Å². The summed E-state index contributed by atoms with van der Waals surface area (Å²) in [6.07, 6.45) is 0. The molecule has 4 nitrogen and oxygen atoms in total. The summed E-state index contributed by atoms with van der Waals surface area (Å²) in [5.41, 5.74) is 9.78. The van der Waals surface area contributed by atoms with E-state index in [1.54, 1.807) is 0 Å². The van der Waals surface area contributed by atoms with Gasteiger partial charge in [-0.3, -0.25) is 0 Å². The number of nitrogens with zero attached hydrogens (tertiary/aromatic N) is 3. The lowest BCUT2D eigenvalue weighted by Gasteiger charge is -2.14. The molecule has 3 aromatic heterocycles. The highest BCUT2D eigenvalue weighted by Crippen LogP contribution is 2.45. The van der Waals surface area contributed by atoms with Crippen LogP contribution in [0, 0.1) is 0 Å². The Bertz CT molecular complexity index is 2420. The molecule has 9 aromatic rings. The highest BCUT2D eigenvalue weighted by Gasteiger charge is 2.24. The molecule has 0 bridgehead atoms. The first-order chi connectivity index (χ1) is 21.8. The Morgan fingerprint density at radius 3 is 1.89 bits per heavy atom. The third-order valence-corrected chi connectivity index (χ3v) is 8.40. The molecule has 0 aliphatic heterocycles. The van der Waals surface area contributed by atoms with Crippen molar-refractivity contribution in [2.75, 3.05) is 0 Å². The average Bonchev–Trinajstić information content (AvgIpc) is 3.65. The molecule has 0 saturated carbocycles. The van der Waals surface area contributed by atoms with Gasteiger partial charge in [0.2, 0.25) is 0 Å². The van der Waals surface area contributed by atoms with Crippen LogP contribution in [0.25, 0.3) is 83.3 Å². The molecule has 0 radical (unpaired) electrons. The zero-order valence-electron chi connectivity index (χ0n) is 23.7. The van der Waals surface area contributed by atoms with Gasteiger partial charge in [-0.15, -0.1) is 0 Å². The van der Waals surface area contributed by atoms with Crippen molar-refractivity contribution in [1.82, 2.24) is 14.5 Å². The molecule has 0 aliphatic rings. The lowest BCUT2D eigenvalue weighted by atomic mass is 10.00. The maximum Gasteiger partial charge on any atom is 0.160 e. The monoisotopic (exact) mass is 563 g/mol. The highest BCUT2D eigenvalue weighted by molar-refractivity contribution is 6.27. The molecule has 0 saturated heterocycles. The van der Waals surface area contributed by atoms with Crippen molar-refractivity contribution in [1.29, 1.82) is 0 Å². The minimum atomic E-state index is 0.689. The Hall–Kier alpha value is -6.00. The van der Waals surface area contributed by atoms with Crippen LogP contribution in [0.4, 0.5) is 0 Å². The van der Waals surface area contributed by atoms with Crippen molar-refractivity contribution in [3.63, 3.8) is 0 Å². The van der Waals surface area contributed by atoms with Crippen LogP contribution >= 0.6 is 0 Å². The Balaban J connectivity index is 1.48. The molecular formula is C40H25N3O. The van der Waals surface area contributed by atoms with E-state index in [-0.39, 0.29) is 0 Å². The predicted octanol–water partition coefficient (Wildman–Crippen LogP) is 10.5. The SMILES string of the molecule is c1ccc(-c2cc(-c3cc4c5ccccc5oc4c4c5ccccc5n(-c5ccccc5)c34)nc(-c3ccccc3)n2)cc1. The van der Waals surface area contributed by atoms with E-state index >= 15 is 0 Å². The number of aromatic nitrogens is 3. The van der Waals surface area contributed by atoms with Crippen LogP contribution in [0.5, 0.6) is 0 Å². The second-order valence-corrected chi connectivity index (χ2v) is 11.0. The van der Waals surface area contributed by atoms with Crippen molar-refractivity contribution in [2.24, 2.45) is 0 Å². The summed E-state index contributed by atoms with van der Waals surface area (Å²) >= 11 is 0. The molecule has 3 heterocycles. The molecule has 0 spiro atoms. The standard InChI is InChI=1S/C40H25N3O/c1-4-14-26(15-5-1)33-25-34(42-40(41-33)27-16-6-2-7-17-27)32-24-31-29-20-11-13-23-36(29)44-39(31)37-30-21-10-12-22-35(30)43(38(32)37)28-18-8-3-9-19-28/h1-25H. The number of furan rings is 1. The van der Waals surface area contributed by atoms with Gasteiger partial charge in [0.15, 0.2) is 5.82 Å². The summed E-state index contributed by atoms with van der Waals surface area (Å²) in [6.45, 7) is 0. The zero-order valence-corrected chi connectivity index (χ0v) is 23.7. The number of benzene rings is 6. The summed E-state index contributed by atoms with van der Waals surface area (Å²) in [7, 11) is 0. The van der Waals surface area contributed by atoms with Gasteiger partial charge in [0.25, 0.3) is 0 Å². The summed E-state index contributed by atoms with van der Waals surface area (Å²) in [5.74, 6) is 0.689. The zero-order chi connectivity index (χ0) is 29.0. The quantitative estimate of drug-likeness (QED) is 0.214. The van der Waals surface area contributed by atoms with E-state index < -0.39 is 0 Å². The molecule has 6 aromatic carbocycles. The Kier molecular flexibility index (Phi) is 5.47. The molecule has 9 rings (SSSR count). The largest absolute Gasteiger partial charge is 0.455 e. The van der Waals surface area contributed by atoms with E-state index in [0.29, 0.717) is 5.82 Å². The molecular weight excluding hydrogens is 538 g/mol. The van der Waals surface area contributed by atoms with Crippen LogP contribution < -0.4 is 0 Å². The van der Waals surface area contributed by atoms with Crippen molar-refractivity contribution >= 4 is 43.7 Å². The van der Waals surface area contributed by atoms with E-state index in [1.807, 2.05) is 36.4 Å². The predicted molar refractivity (Wildman–Crippen MR) is 180 cm³/mol. The van der Waals surface area contributed by atoms with E-state index in [1.165, 1.54) is 0 Å². The summed E-state index contributed by atoms with van der Waals surface area (Å²) in [5, 5.41) is 4.37. The van der Waals surface area contributed by atoms with E-state index in [9.17, 15) is 0 Å². The first kappa shape index (κ1) is 24.6. The van der Waals surface area contributed by atoms with Gasteiger partial charge in [-0.05, 0) is 36.4 Å². The van der Waals surface area contributed by atoms with Gasteiger partial charge in [-0.1, -0.05) is 115 Å². The topological polar surface area (TPSA) is 43.9 Å². The van der Waals surface area contributed by atoms with Crippen LogP contribution in [0.2, 0.25) is 0 Å². The lowest BCUT2D eigenvalue weighted by molar-refractivity contribution is 0.673. The number of hydrogen-bond donors (Lipinski definition) is 0. The van der Waals surface area contributed by atoms with Crippen LogP contribution in [0.15, 0.2) is 156 Å². The summed E-state index contributed by atoms with van der Waals surface area (Å²) in [6, 6.07) is 52.3. The highest BCUT2D eigenvalue weighted by atomic mass is 16.3. The van der Waals surface area contributed by atoms with Crippen LogP contribution in [0.3, 0.4) is 0 Å². The third kappa shape index (κ3) is 3.78. The van der Waals surface area contributed by atoms with Gasteiger partial charge >= 0.3 is 0 Å². The minimum Gasteiger partial charge on any atom is -0.455 e. The molecule has 0 aliphatic carbocycles. The first-order valence-electron chi connectivity index (χ1n) is 14.8. The van der Waals surface area contributed by atoms with Crippen molar-refractivity contribution < 1.29 is 4.42 Å². The number of fused-ring (bicyclic) bond motifs is 7. The van der Waals surface area contributed by atoms with E-state index in [2.05, 4.69) is 120 Å². The van der Waals surface area contributed by atoms with Crippen molar-refractivity contribution in [3.8, 4) is 39.6 Å². The lowest BCUT2D eigenvalue weighted by Crippen LogP contribution is -1.99. The molecule has 206 valence electrons. The number of rotatable bonds is 4. The number of para-hydroxylation sites is 3. The molecule has 0 unspecified atom stereocenters. The fourth-order valence-corrected chi connectivity index (χ4v) is 6.43. The van der Waals surface area contributed by atoms with E-state index in [4.69, 9.17) is 14.4 Å². The summed E-state index contributed by atoms with van der Waals surface area (Å²) < 4.78 is 9.00. The number of hydrogen-bond acceptors (Lipinski definition) is 3. The Morgan fingerprint density at radius 1 is 0.500 bits per heavy atom.